The summed E-state index contributed by atoms with van der Waals surface area (Å²) in [6.45, 7) is 0.548. The summed E-state index contributed by atoms with van der Waals surface area (Å²) in [4.78, 5) is 30.7. The largest absolute Gasteiger partial charge is 0.434 e. The first kappa shape index (κ1) is 21.2. The lowest BCUT2D eigenvalue weighted by molar-refractivity contribution is -0.141. The molecular weight excluding hydrogens is 440 g/mol. The molecule has 3 atom stereocenters. The lowest BCUT2D eigenvalue weighted by Gasteiger charge is -2.34. The zero-order valence-electron chi connectivity index (χ0n) is 17.1. The molecule has 1 saturated heterocycles. The van der Waals surface area contributed by atoms with E-state index >= 15 is 0 Å². The minimum atomic E-state index is -4.56. The molecule has 3 heterocycles. The van der Waals surface area contributed by atoms with Gasteiger partial charge in [0.1, 0.15) is 11.6 Å². The highest BCUT2D eigenvalue weighted by molar-refractivity contribution is 6.00. The topological polar surface area (TPSA) is 83.9 Å². The van der Waals surface area contributed by atoms with Gasteiger partial charge in [-0.05, 0) is 43.0 Å². The fourth-order valence-corrected chi connectivity index (χ4v) is 4.63. The van der Waals surface area contributed by atoms with E-state index in [-0.39, 0.29) is 35.6 Å². The van der Waals surface area contributed by atoms with Crippen LogP contribution in [0.1, 0.15) is 28.9 Å². The Morgan fingerprint density at radius 1 is 1.06 bits per heavy atom. The summed E-state index contributed by atoms with van der Waals surface area (Å²) in [5.41, 5.74) is -0.463. The molecule has 0 radical (unpaired) electrons. The predicted octanol–water partition coefficient (Wildman–Crippen LogP) is 3.81. The standard InChI is InChI=1S/C22H18F4N6O/c23-13-2-3-14(15(8-13)20-27-4-1-5-28-20)21(33)32-11-12-6-16(17(32)7-12)31-19-10-29-18(9-30-19)22(24,25)26/h1-5,8-10,12,16-17H,6-7,11H2,(H,30,31)/t12-,16-,17+/m1/s1. The summed E-state index contributed by atoms with van der Waals surface area (Å²) < 4.78 is 52.1. The molecule has 2 aliphatic rings. The maximum Gasteiger partial charge on any atom is 0.434 e. The fourth-order valence-electron chi connectivity index (χ4n) is 4.63. The molecule has 0 unspecified atom stereocenters. The van der Waals surface area contributed by atoms with Gasteiger partial charge in [-0.3, -0.25) is 4.79 Å². The number of hydrogen-bond acceptors (Lipinski definition) is 6. The number of alkyl halides is 3. The van der Waals surface area contributed by atoms with Gasteiger partial charge in [0, 0.05) is 30.5 Å². The van der Waals surface area contributed by atoms with E-state index in [1.54, 1.807) is 11.0 Å². The molecule has 1 aliphatic carbocycles. The van der Waals surface area contributed by atoms with Crippen LogP contribution >= 0.6 is 0 Å². The maximum atomic E-state index is 14.0. The van der Waals surface area contributed by atoms with Crippen LogP contribution in [0.2, 0.25) is 0 Å². The van der Waals surface area contributed by atoms with Gasteiger partial charge in [-0.15, -0.1) is 0 Å². The summed E-state index contributed by atoms with van der Waals surface area (Å²) >= 11 is 0. The Hall–Kier alpha value is -3.63. The van der Waals surface area contributed by atoms with Crippen molar-refractivity contribution < 1.29 is 22.4 Å². The van der Waals surface area contributed by atoms with Crippen molar-refractivity contribution in [2.75, 3.05) is 11.9 Å². The number of piperidine rings is 1. The molecule has 1 saturated carbocycles. The number of carbonyl (C=O) groups is 1. The van der Waals surface area contributed by atoms with E-state index in [1.165, 1.54) is 30.6 Å². The van der Waals surface area contributed by atoms with Crippen LogP contribution < -0.4 is 5.32 Å². The minimum Gasteiger partial charge on any atom is -0.364 e. The number of halogens is 4. The summed E-state index contributed by atoms with van der Waals surface area (Å²) in [5, 5.41) is 3.12. The molecule has 1 amide bonds. The average molecular weight is 458 g/mol. The van der Waals surface area contributed by atoms with Crippen molar-refractivity contribution in [3.8, 4) is 11.4 Å². The van der Waals surface area contributed by atoms with Crippen LogP contribution in [0.15, 0.2) is 49.1 Å². The zero-order valence-corrected chi connectivity index (χ0v) is 17.1. The number of aromatic nitrogens is 4. The number of nitrogens with zero attached hydrogens (tertiary/aromatic N) is 5. The van der Waals surface area contributed by atoms with Crippen molar-refractivity contribution in [3.05, 3.63) is 66.1 Å². The van der Waals surface area contributed by atoms with Crippen LogP contribution in [-0.2, 0) is 6.18 Å². The van der Waals surface area contributed by atoms with Gasteiger partial charge in [0.05, 0.1) is 24.0 Å². The first-order valence-electron chi connectivity index (χ1n) is 10.3. The van der Waals surface area contributed by atoms with E-state index < -0.39 is 17.7 Å². The lowest BCUT2D eigenvalue weighted by atomic mass is 10.0. The van der Waals surface area contributed by atoms with Crippen molar-refractivity contribution in [3.63, 3.8) is 0 Å². The Bertz CT molecular complexity index is 1170. The molecule has 1 aromatic carbocycles. The van der Waals surface area contributed by atoms with Crippen LogP contribution in [0, 0.1) is 11.7 Å². The maximum absolute atomic E-state index is 14.0. The summed E-state index contributed by atoms with van der Waals surface area (Å²) in [7, 11) is 0. The first-order valence-corrected chi connectivity index (χ1v) is 10.3. The number of likely N-dealkylation sites (tertiary alicyclic amines) is 1. The zero-order chi connectivity index (χ0) is 23.2. The van der Waals surface area contributed by atoms with Crippen LogP contribution in [0.25, 0.3) is 11.4 Å². The monoisotopic (exact) mass is 458 g/mol. The van der Waals surface area contributed by atoms with Crippen molar-refractivity contribution in [1.29, 1.82) is 0 Å². The Morgan fingerprint density at radius 2 is 1.85 bits per heavy atom. The quantitative estimate of drug-likeness (QED) is 0.599. The van der Waals surface area contributed by atoms with Gasteiger partial charge in [-0.2, -0.15) is 13.2 Å². The second-order valence-corrected chi connectivity index (χ2v) is 8.16. The number of amides is 1. The normalized spacial score (nSPS) is 21.9. The van der Waals surface area contributed by atoms with Crippen LogP contribution in [0.3, 0.4) is 0 Å². The van der Waals surface area contributed by atoms with E-state index in [0.717, 1.165) is 19.0 Å². The number of rotatable bonds is 4. The summed E-state index contributed by atoms with van der Waals surface area (Å²) in [6.07, 6.45) is 1.73. The Balaban J connectivity index is 1.37. The molecule has 1 N–H and O–H groups in total. The highest BCUT2D eigenvalue weighted by Gasteiger charge is 2.47. The number of anilines is 1. The van der Waals surface area contributed by atoms with Gasteiger partial charge in [0.25, 0.3) is 5.91 Å². The third-order valence-electron chi connectivity index (χ3n) is 6.04. The summed E-state index contributed by atoms with van der Waals surface area (Å²) in [5.74, 6) is -0.0597. The van der Waals surface area contributed by atoms with E-state index in [4.69, 9.17) is 0 Å². The molecule has 7 nitrogen and oxygen atoms in total. The fraction of sp³-hybridized carbons (Fsp3) is 0.318. The van der Waals surface area contributed by atoms with Crippen LogP contribution in [0.5, 0.6) is 0 Å². The van der Waals surface area contributed by atoms with E-state index in [9.17, 15) is 22.4 Å². The lowest BCUT2D eigenvalue weighted by Crippen LogP contribution is -2.48. The molecule has 2 fully saturated rings. The summed E-state index contributed by atoms with van der Waals surface area (Å²) in [6, 6.07) is 5.16. The van der Waals surface area contributed by atoms with Crippen molar-refractivity contribution in [2.45, 2.75) is 31.1 Å². The molecule has 11 heteroatoms. The van der Waals surface area contributed by atoms with E-state index in [2.05, 4.69) is 25.3 Å². The molecule has 2 aromatic heterocycles. The SMILES string of the molecule is O=C(c1ccc(F)cc1-c1ncccn1)N1C[C@@H]2C[C@@H](Nc3cnc(C(F)(F)F)cn3)[C@@H]1C2. The molecule has 1 aliphatic heterocycles. The van der Waals surface area contributed by atoms with Crippen LogP contribution in [0.4, 0.5) is 23.4 Å². The second-order valence-electron chi connectivity index (χ2n) is 8.16. The Kier molecular flexibility index (Phi) is 5.18. The Labute approximate surface area is 185 Å². The third-order valence-corrected chi connectivity index (χ3v) is 6.04. The third kappa shape index (κ3) is 4.10. The van der Waals surface area contributed by atoms with Gasteiger partial charge >= 0.3 is 6.18 Å². The van der Waals surface area contributed by atoms with Crippen LogP contribution in [-0.4, -0.2) is 49.4 Å². The molecular formula is C22H18F4N6O. The van der Waals surface area contributed by atoms with Crippen molar-refractivity contribution in [2.24, 2.45) is 5.92 Å². The number of fused-ring (bicyclic) bond motifs is 2. The highest BCUT2D eigenvalue weighted by Crippen LogP contribution is 2.40. The second kappa shape index (κ2) is 8.05. The molecule has 5 rings (SSSR count). The molecule has 33 heavy (non-hydrogen) atoms. The van der Waals surface area contributed by atoms with Gasteiger partial charge in [-0.1, -0.05) is 0 Å². The molecule has 0 spiro atoms. The molecule has 2 bridgehead atoms. The van der Waals surface area contributed by atoms with Gasteiger partial charge in [0.15, 0.2) is 11.5 Å². The highest BCUT2D eigenvalue weighted by atomic mass is 19.4. The first-order chi connectivity index (χ1) is 15.8. The van der Waals surface area contributed by atoms with Gasteiger partial charge in [-0.25, -0.2) is 24.3 Å². The van der Waals surface area contributed by atoms with E-state index in [0.29, 0.717) is 23.9 Å². The number of carbonyl (C=O) groups excluding carboxylic acids is 1. The number of benzene rings is 1. The van der Waals surface area contributed by atoms with Crippen molar-refractivity contribution >= 4 is 11.7 Å². The smallest absolute Gasteiger partial charge is 0.364 e. The molecule has 170 valence electrons. The van der Waals surface area contributed by atoms with Gasteiger partial charge < -0.3 is 10.2 Å². The van der Waals surface area contributed by atoms with E-state index in [1.807, 2.05) is 0 Å². The number of hydrogen-bond donors (Lipinski definition) is 1. The number of nitrogens with one attached hydrogen (secondary N) is 1. The predicted molar refractivity (Wildman–Crippen MR) is 109 cm³/mol. The minimum absolute atomic E-state index is 0.179. The Morgan fingerprint density at radius 3 is 2.52 bits per heavy atom. The average Bonchev–Trinajstić information content (AvgIpc) is 3.40. The van der Waals surface area contributed by atoms with Crippen molar-refractivity contribution in [1.82, 2.24) is 24.8 Å². The molecule has 3 aromatic rings. The van der Waals surface area contributed by atoms with Gasteiger partial charge in [0.2, 0.25) is 0 Å².